The molecule has 0 bridgehead atoms. The highest BCUT2D eigenvalue weighted by molar-refractivity contribution is 5.86. The summed E-state index contributed by atoms with van der Waals surface area (Å²) < 4.78 is 2.08. The molecule has 5 nitrogen and oxygen atoms in total. The van der Waals surface area contributed by atoms with E-state index in [1.165, 1.54) is 0 Å². The third-order valence-electron chi connectivity index (χ3n) is 3.95. The Morgan fingerprint density at radius 2 is 2.10 bits per heavy atom. The van der Waals surface area contributed by atoms with Gasteiger partial charge in [0.2, 0.25) is 5.91 Å². The van der Waals surface area contributed by atoms with Crippen molar-refractivity contribution in [2.45, 2.75) is 32.0 Å². The van der Waals surface area contributed by atoms with E-state index in [1.807, 2.05) is 54.7 Å². The second-order valence-corrected chi connectivity index (χ2v) is 5.88. The number of aromatic nitrogens is 2. The fourth-order valence-electron chi connectivity index (χ4n) is 2.81. The Hall–Kier alpha value is -2.14. The van der Waals surface area contributed by atoms with Crippen molar-refractivity contribution in [3.8, 4) is 0 Å². The quantitative estimate of drug-likeness (QED) is 0.920. The van der Waals surface area contributed by atoms with Gasteiger partial charge in [-0.1, -0.05) is 30.3 Å². The minimum absolute atomic E-state index is 0.00111. The molecule has 1 aromatic heterocycles. The molecular weight excluding hydrogens is 264 g/mol. The molecule has 1 aliphatic rings. The number of carbonyl (C=O) groups excluding carboxylic acids is 1. The summed E-state index contributed by atoms with van der Waals surface area (Å²) in [5.41, 5.74) is 7.56. The van der Waals surface area contributed by atoms with Crippen LogP contribution in [-0.2, 0) is 24.3 Å². The molecule has 2 aromatic rings. The van der Waals surface area contributed by atoms with E-state index in [2.05, 4.69) is 9.55 Å². The zero-order chi connectivity index (χ0) is 14.9. The maximum atomic E-state index is 12.7. The van der Waals surface area contributed by atoms with Gasteiger partial charge in [0.15, 0.2) is 0 Å². The van der Waals surface area contributed by atoms with E-state index in [9.17, 15) is 4.79 Å². The molecule has 21 heavy (non-hydrogen) atoms. The van der Waals surface area contributed by atoms with Crippen LogP contribution in [0.15, 0.2) is 42.9 Å². The van der Waals surface area contributed by atoms with Crippen LogP contribution in [0.1, 0.15) is 18.2 Å². The Labute approximate surface area is 124 Å². The third-order valence-corrected chi connectivity index (χ3v) is 3.95. The molecule has 2 heterocycles. The van der Waals surface area contributed by atoms with Crippen LogP contribution in [0.3, 0.4) is 0 Å². The summed E-state index contributed by atoms with van der Waals surface area (Å²) in [7, 11) is 0. The number of fused-ring (bicyclic) bond motifs is 1. The summed E-state index contributed by atoms with van der Waals surface area (Å²) in [6.45, 7) is 3.86. The smallest absolute Gasteiger partial charge is 0.243 e. The lowest BCUT2D eigenvalue weighted by atomic mass is 9.92. The lowest BCUT2D eigenvalue weighted by Gasteiger charge is -2.34. The van der Waals surface area contributed by atoms with Gasteiger partial charge in [-0.25, -0.2) is 4.98 Å². The molecule has 110 valence electrons. The number of carbonyl (C=O) groups is 1. The fourth-order valence-corrected chi connectivity index (χ4v) is 2.81. The zero-order valence-electron chi connectivity index (χ0n) is 12.2. The van der Waals surface area contributed by atoms with E-state index in [-0.39, 0.29) is 5.91 Å². The average molecular weight is 284 g/mol. The Bertz CT molecular complexity index is 633. The first-order valence-corrected chi connectivity index (χ1v) is 7.17. The highest BCUT2D eigenvalue weighted by Gasteiger charge is 2.34. The minimum atomic E-state index is -0.885. The topological polar surface area (TPSA) is 64.2 Å². The van der Waals surface area contributed by atoms with E-state index < -0.39 is 5.54 Å². The fraction of sp³-hybridized carbons (Fsp3) is 0.375. The maximum Gasteiger partial charge on any atom is 0.243 e. The standard InChI is InChI=1S/C16H20N4O/c1-16(17,9-13-5-3-2-4-6-13)15(21)19-7-8-20-12-18-10-14(20)11-19/h2-6,10,12H,7-9,11,17H2,1H3/t16-/m0/s1. The summed E-state index contributed by atoms with van der Waals surface area (Å²) in [6.07, 6.45) is 4.16. The largest absolute Gasteiger partial charge is 0.333 e. The van der Waals surface area contributed by atoms with Crippen LogP contribution in [0.5, 0.6) is 0 Å². The van der Waals surface area contributed by atoms with Crippen molar-refractivity contribution in [3.63, 3.8) is 0 Å². The average Bonchev–Trinajstić information content (AvgIpc) is 2.94. The van der Waals surface area contributed by atoms with Gasteiger partial charge in [-0.3, -0.25) is 4.79 Å². The van der Waals surface area contributed by atoms with E-state index in [4.69, 9.17) is 5.73 Å². The van der Waals surface area contributed by atoms with Crippen LogP contribution < -0.4 is 5.73 Å². The second-order valence-electron chi connectivity index (χ2n) is 5.88. The highest BCUT2D eigenvalue weighted by atomic mass is 16.2. The van der Waals surface area contributed by atoms with E-state index in [0.717, 1.165) is 17.8 Å². The van der Waals surface area contributed by atoms with Crippen molar-refractivity contribution >= 4 is 5.91 Å². The molecule has 1 atom stereocenters. The Morgan fingerprint density at radius 3 is 2.86 bits per heavy atom. The lowest BCUT2D eigenvalue weighted by Crippen LogP contribution is -2.55. The molecule has 0 radical (unpaired) electrons. The number of nitrogens with two attached hydrogens (primary N) is 1. The number of hydrogen-bond donors (Lipinski definition) is 1. The predicted octanol–water partition coefficient (Wildman–Crippen LogP) is 1.19. The van der Waals surface area contributed by atoms with Gasteiger partial charge < -0.3 is 15.2 Å². The molecule has 1 amide bonds. The maximum absolute atomic E-state index is 12.7. The molecule has 0 unspecified atom stereocenters. The third kappa shape index (κ3) is 2.83. The number of hydrogen-bond acceptors (Lipinski definition) is 3. The molecule has 1 aliphatic heterocycles. The summed E-state index contributed by atoms with van der Waals surface area (Å²) in [5, 5.41) is 0. The Morgan fingerprint density at radius 1 is 1.33 bits per heavy atom. The number of amides is 1. The van der Waals surface area contributed by atoms with Crippen LogP contribution >= 0.6 is 0 Å². The first kappa shape index (κ1) is 13.8. The molecule has 0 saturated heterocycles. The van der Waals surface area contributed by atoms with Gasteiger partial charge in [0.1, 0.15) is 0 Å². The molecule has 5 heteroatoms. The second kappa shape index (κ2) is 5.33. The number of benzene rings is 1. The number of rotatable bonds is 3. The van der Waals surface area contributed by atoms with Crippen LogP contribution in [0.25, 0.3) is 0 Å². The number of nitrogens with zero attached hydrogens (tertiary/aromatic N) is 3. The van der Waals surface area contributed by atoms with Crippen LogP contribution in [0.2, 0.25) is 0 Å². The van der Waals surface area contributed by atoms with Crippen LogP contribution in [-0.4, -0.2) is 32.4 Å². The summed E-state index contributed by atoms with van der Waals surface area (Å²) in [6, 6.07) is 9.91. The summed E-state index contributed by atoms with van der Waals surface area (Å²) >= 11 is 0. The first-order chi connectivity index (χ1) is 10.1. The van der Waals surface area contributed by atoms with Gasteiger partial charge in [0.05, 0.1) is 24.1 Å². The molecular formula is C16H20N4O. The molecule has 0 saturated carbocycles. The number of imidazole rings is 1. The summed E-state index contributed by atoms with van der Waals surface area (Å²) in [4.78, 5) is 18.7. The Balaban J connectivity index is 1.72. The van der Waals surface area contributed by atoms with Crippen LogP contribution in [0.4, 0.5) is 0 Å². The van der Waals surface area contributed by atoms with Crippen molar-refractivity contribution in [1.29, 1.82) is 0 Å². The molecule has 0 fully saturated rings. The van der Waals surface area contributed by atoms with Gasteiger partial charge in [-0.2, -0.15) is 0 Å². The van der Waals surface area contributed by atoms with Gasteiger partial charge in [0.25, 0.3) is 0 Å². The first-order valence-electron chi connectivity index (χ1n) is 7.17. The minimum Gasteiger partial charge on any atom is -0.333 e. The SMILES string of the molecule is C[C@](N)(Cc1ccccc1)C(=O)N1CCn2cncc2C1. The van der Waals surface area contributed by atoms with Gasteiger partial charge in [-0.05, 0) is 18.9 Å². The Kier molecular flexibility index (Phi) is 3.51. The van der Waals surface area contributed by atoms with Gasteiger partial charge >= 0.3 is 0 Å². The monoisotopic (exact) mass is 284 g/mol. The van der Waals surface area contributed by atoms with Crippen molar-refractivity contribution in [2.75, 3.05) is 6.54 Å². The molecule has 0 aliphatic carbocycles. The highest BCUT2D eigenvalue weighted by Crippen LogP contribution is 2.18. The molecule has 1 aromatic carbocycles. The normalized spacial score (nSPS) is 17.1. The molecule has 2 N–H and O–H groups in total. The van der Waals surface area contributed by atoms with E-state index >= 15 is 0 Å². The molecule has 0 spiro atoms. The van der Waals surface area contributed by atoms with Crippen molar-refractivity contribution in [3.05, 3.63) is 54.1 Å². The van der Waals surface area contributed by atoms with Gasteiger partial charge in [-0.15, -0.1) is 0 Å². The van der Waals surface area contributed by atoms with E-state index in [0.29, 0.717) is 19.5 Å². The predicted molar refractivity (Wildman–Crippen MR) is 80.4 cm³/mol. The lowest BCUT2D eigenvalue weighted by molar-refractivity contribution is -0.137. The van der Waals surface area contributed by atoms with Gasteiger partial charge in [0, 0.05) is 19.3 Å². The van der Waals surface area contributed by atoms with Crippen molar-refractivity contribution in [1.82, 2.24) is 14.5 Å². The zero-order valence-corrected chi connectivity index (χ0v) is 12.2. The van der Waals surface area contributed by atoms with Crippen LogP contribution in [0, 0.1) is 0 Å². The van der Waals surface area contributed by atoms with Crippen molar-refractivity contribution < 1.29 is 4.79 Å². The van der Waals surface area contributed by atoms with E-state index in [1.54, 1.807) is 0 Å². The summed E-state index contributed by atoms with van der Waals surface area (Å²) in [5.74, 6) is -0.00111. The molecule has 3 rings (SSSR count). The van der Waals surface area contributed by atoms with Crippen molar-refractivity contribution in [2.24, 2.45) is 5.73 Å².